The number of carboxylic acid groups (broad SMARTS) is 1. The molecule has 0 fully saturated rings. The van der Waals surface area contributed by atoms with Crippen molar-refractivity contribution in [1.29, 1.82) is 0 Å². The van der Waals surface area contributed by atoms with E-state index in [1.807, 2.05) is 43.5 Å². The molecule has 4 heteroatoms. The molecule has 18 heavy (non-hydrogen) atoms. The maximum atomic E-state index is 11.4. The van der Waals surface area contributed by atoms with E-state index in [0.29, 0.717) is 0 Å². The van der Waals surface area contributed by atoms with Gasteiger partial charge in [0.1, 0.15) is 0 Å². The summed E-state index contributed by atoms with van der Waals surface area (Å²) in [5, 5.41) is 11.5. The van der Waals surface area contributed by atoms with Crippen LogP contribution in [-0.4, -0.2) is 16.9 Å². The predicted octanol–water partition coefficient (Wildman–Crippen LogP) is 3.68. The number of thiophene rings is 1. The van der Waals surface area contributed by atoms with Gasteiger partial charge in [0.25, 0.3) is 0 Å². The maximum absolute atomic E-state index is 11.4. The Morgan fingerprint density at radius 3 is 2.44 bits per heavy atom. The van der Waals surface area contributed by atoms with Crippen molar-refractivity contribution >= 4 is 33.2 Å². The number of fused-ring (bicyclic) bond motifs is 1. The van der Waals surface area contributed by atoms with E-state index in [1.165, 1.54) is 11.3 Å². The number of carbonyl (C=O) groups excluding carboxylic acids is 1. The molecule has 0 radical (unpaired) electrons. The molecule has 0 amide bonds. The monoisotopic (exact) mass is 264 g/mol. The number of rotatable bonds is 3. The molecule has 0 saturated carbocycles. The highest BCUT2D eigenvalue weighted by Crippen LogP contribution is 2.31. The molecule has 3 nitrogen and oxygen atoms in total. The molecule has 0 spiro atoms. The van der Waals surface area contributed by atoms with Crippen LogP contribution in [0.5, 0.6) is 0 Å². The van der Waals surface area contributed by atoms with Gasteiger partial charge in [0.2, 0.25) is 5.78 Å². The summed E-state index contributed by atoms with van der Waals surface area (Å²) in [6.45, 7) is 5.63. The lowest BCUT2D eigenvalue weighted by molar-refractivity contribution is -0.149. The fraction of sp³-hybridized carbons (Fsp3) is 0.286. The summed E-state index contributed by atoms with van der Waals surface area (Å²) in [5.41, 5.74) is 0.799. The van der Waals surface area contributed by atoms with Gasteiger partial charge in [0.05, 0.1) is 5.92 Å². The van der Waals surface area contributed by atoms with Gasteiger partial charge in [-0.25, -0.2) is 4.79 Å². The van der Waals surface area contributed by atoms with Gasteiger partial charge in [-0.15, -0.1) is 11.3 Å². The Morgan fingerprint density at radius 1 is 1.22 bits per heavy atom. The minimum Gasteiger partial charge on any atom is -0.475 e. The van der Waals surface area contributed by atoms with Gasteiger partial charge >= 0.3 is 5.97 Å². The molecule has 2 aromatic rings. The minimum absolute atomic E-state index is 0.589. The van der Waals surface area contributed by atoms with Gasteiger partial charge in [-0.05, 0) is 22.4 Å². The first-order chi connectivity index (χ1) is 8.61. The van der Waals surface area contributed by atoms with E-state index < -0.39 is 17.7 Å². The fourth-order valence-electron chi connectivity index (χ4n) is 1.66. The Hall–Kier alpha value is -1.68. The molecule has 1 heterocycles. The van der Waals surface area contributed by atoms with Crippen molar-refractivity contribution in [2.75, 3.05) is 0 Å². The van der Waals surface area contributed by atoms with Crippen LogP contribution in [0.25, 0.3) is 10.1 Å². The summed E-state index contributed by atoms with van der Waals surface area (Å²) in [4.78, 5) is 22.0. The molecule has 0 saturated heterocycles. The van der Waals surface area contributed by atoms with Crippen molar-refractivity contribution in [1.82, 2.24) is 0 Å². The zero-order valence-corrected chi connectivity index (χ0v) is 11.5. The van der Waals surface area contributed by atoms with E-state index in [0.717, 1.165) is 15.6 Å². The second-order valence-corrected chi connectivity index (χ2v) is 4.49. The number of carboxylic acids is 1. The summed E-state index contributed by atoms with van der Waals surface area (Å²) in [6.07, 6.45) is 0. The smallest absolute Gasteiger partial charge is 0.372 e. The maximum Gasteiger partial charge on any atom is 0.372 e. The van der Waals surface area contributed by atoms with Crippen LogP contribution in [0.2, 0.25) is 0 Å². The zero-order chi connectivity index (χ0) is 13.7. The molecule has 1 unspecified atom stereocenters. The molecular formula is C14H16O3S. The van der Waals surface area contributed by atoms with Crippen LogP contribution in [0.1, 0.15) is 32.3 Å². The highest BCUT2D eigenvalue weighted by molar-refractivity contribution is 7.17. The van der Waals surface area contributed by atoms with Crippen molar-refractivity contribution in [2.24, 2.45) is 0 Å². The van der Waals surface area contributed by atoms with Crippen LogP contribution >= 0.6 is 11.3 Å². The van der Waals surface area contributed by atoms with E-state index in [9.17, 15) is 9.59 Å². The van der Waals surface area contributed by atoms with Crippen molar-refractivity contribution in [3.8, 4) is 0 Å². The van der Waals surface area contributed by atoms with E-state index in [-0.39, 0.29) is 0 Å². The van der Waals surface area contributed by atoms with Crippen LogP contribution in [0.4, 0.5) is 0 Å². The normalized spacial score (nSPS) is 11.5. The fourth-order valence-corrected chi connectivity index (χ4v) is 2.72. The Morgan fingerprint density at radius 2 is 1.83 bits per heavy atom. The van der Waals surface area contributed by atoms with E-state index in [4.69, 9.17) is 5.11 Å². The molecule has 0 bridgehead atoms. The third-order valence-corrected chi connectivity index (χ3v) is 3.56. The molecule has 1 aromatic carbocycles. The lowest BCUT2D eigenvalue weighted by atomic mass is 9.96. The lowest BCUT2D eigenvalue weighted by Crippen LogP contribution is -2.19. The number of aliphatic carboxylic acids is 1. The van der Waals surface area contributed by atoms with Gasteiger partial charge < -0.3 is 5.11 Å². The summed E-state index contributed by atoms with van der Waals surface area (Å²) in [5.74, 6) is -2.72. The van der Waals surface area contributed by atoms with Gasteiger partial charge in [0.15, 0.2) is 0 Å². The van der Waals surface area contributed by atoms with Crippen molar-refractivity contribution in [3.63, 3.8) is 0 Å². The average Bonchev–Trinajstić information content (AvgIpc) is 2.83. The average molecular weight is 264 g/mol. The molecular weight excluding hydrogens is 248 g/mol. The lowest BCUT2D eigenvalue weighted by Gasteiger charge is -2.05. The summed E-state index contributed by atoms with van der Waals surface area (Å²) in [7, 11) is 0. The zero-order valence-electron chi connectivity index (χ0n) is 10.6. The second-order valence-electron chi connectivity index (χ2n) is 3.58. The van der Waals surface area contributed by atoms with Crippen LogP contribution in [0.3, 0.4) is 0 Å². The van der Waals surface area contributed by atoms with Gasteiger partial charge in [-0.3, -0.25) is 4.79 Å². The van der Waals surface area contributed by atoms with Crippen LogP contribution in [0, 0.1) is 0 Å². The number of Topliss-reactive ketones (excluding diaryl/α,β-unsaturated/α-hetero) is 1. The third kappa shape index (κ3) is 2.76. The molecule has 1 aromatic heterocycles. The number of ketones is 1. The third-order valence-electron chi connectivity index (χ3n) is 2.58. The number of hydrogen-bond acceptors (Lipinski definition) is 3. The summed E-state index contributed by atoms with van der Waals surface area (Å²) in [6, 6.07) is 7.68. The van der Waals surface area contributed by atoms with Crippen LogP contribution in [-0.2, 0) is 9.59 Å². The molecule has 1 N–H and O–H groups in total. The van der Waals surface area contributed by atoms with Crippen molar-refractivity contribution < 1.29 is 14.7 Å². The molecule has 0 aliphatic heterocycles. The Balaban J connectivity index is 0.000000771. The number of hydrogen-bond donors (Lipinski definition) is 1. The topological polar surface area (TPSA) is 54.4 Å². The molecule has 1 atom stereocenters. The molecule has 96 valence electrons. The largest absolute Gasteiger partial charge is 0.475 e. The van der Waals surface area contributed by atoms with Crippen molar-refractivity contribution in [2.45, 2.75) is 26.7 Å². The quantitative estimate of drug-likeness (QED) is 0.860. The Kier molecular flexibility index (Phi) is 5.04. The van der Waals surface area contributed by atoms with Gasteiger partial charge in [-0.2, -0.15) is 0 Å². The standard InChI is InChI=1S/C12H10O3S.C2H6/c1-7(11(13)12(14)15)9-6-16-10-5-3-2-4-8(9)10;1-2/h2-7H,1H3,(H,14,15);1-2H3. The van der Waals surface area contributed by atoms with E-state index in [2.05, 4.69) is 0 Å². The predicted molar refractivity (Wildman–Crippen MR) is 74.2 cm³/mol. The van der Waals surface area contributed by atoms with E-state index in [1.54, 1.807) is 6.92 Å². The highest BCUT2D eigenvalue weighted by atomic mass is 32.1. The summed E-state index contributed by atoms with van der Waals surface area (Å²) < 4.78 is 1.07. The first kappa shape index (κ1) is 14.4. The molecule has 0 aliphatic carbocycles. The first-order valence-electron chi connectivity index (χ1n) is 5.84. The van der Waals surface area contributed by atoms with Crippen LogP contribution in [0.15, 0.2) is 29.6 Å². The minimum atomic E-state index is -1.37. The number of carbonyl (C=O) groups is 2. The Bertz CT molecular complexity index is 557. The van der Waals surface area contributed by atoms with Crippen molar-refractivity contribution in [3.05, 3.63) is 35.2 Å². The van der Waals surface area contributed by atoms with Gasteiger partial charge in [-0.1, -0.05) is 39.0 Å². The molecule has 2 rings (SSSR count). The first-order valence-corrected chi connectivity index (χ1v) is 6.72. The van der Waals surface area contributed by atoms with Crippen LogP contribution < -0.4 is 0 Å². The number of benzene rings is 1. The Labute approximate surface area is 110 Å². The van der Waals surface area contributed by atoms with E-state index >= 15 is 0 Å². The SMILES string of the molecule is CC.CC(C(=O)C(=O)O)c1csc2ccccc12. The second kappa shape index (κ2) is 6.31. The van der Waals surface area contributed by atoms with Gasteiger partial charge in [0, 0.05) is 4.70 Å². The molecule has 0 aliphatic rings. The highest BCUT2D eigenvalue weighted by Gasteiger charge is 2.24. The summed E-state index contributed by atoms with van der Waals surface area (Å²) >= 11 is 1.53.